The Bertz CT molecular complexity index is 662. The molecule has 178 valence electrons. The van der Waals surface area contributed by atoms with Gasteiger partial charge in [-0.05, 0) is 118 Å². The molecule has 4 aliphatic carbocycles. The van der Waals surface area contributed by atoms with Gasteiger partial charge in [0, 0.05) is 6.42 Å². The summed E-state index contributed by atoms with van der Waals surface area (Å²) in [6.07, 6.45) is 10.9. The highest BCUT2D eigenvalue weighted by atomic mass is 16.5. The summed E-state index contributed by atoms with van der Waals surface area (Å²) in [5.41, 5.74) is 0.607. The van der Waals surface area contributed by atoms with Crippen molar-refractivity contribution < 1.29 is 19.7 Å². The lowest BCUT2D eigenvalue weighted by molar-refractivity contribution is -0.181. The third kappa shape index (κ3) is 4.09. The minimum Gasteiger partial charge on any atom is -0.481 e. The number of carboxylic acid groups (broad SMARTS) is 1. The Morgan fingerprint density at radius 3 is 2.35 bits per heavy atom. The van der Waals surface area contributed by atoms with Crippen molar-refractivity contribution in [2.45, 2.75) is 117 Å². The molecule has 4 nitrogen and oxygen atoms in total. The number of carbonyl (C=O) groups is 1. The van der Waals surface area contributed by atoms with Gasteiger partial charge in [-0.3, -0.25) is 4.79 Å². The normalized spacial score (nSPS) is 48.0. The van der Waals surface area contributed by atoms with E-state index in [0.29, 0.717) is 47.0 Å². The van der Waals surface area contributed by atoms with E-state index in [9.17, 15) is 9.90 Å². The smallest absolute Gasteiger partial charge is 0.303 e. The molecule has 0 bridgehead atoms. The zero-order valence-electron chi connectivity index (χ0n) is 20.5. The maximum absolute atomic E-state index is 11.5. The molecule has 0 spiro atoms. The summed E-state index contributed by atoms with van der Waals surface area (Å²) >= 11 is 0. The molecular weight excluding hydrogens is 388 g/mol. The van der Waals surface area contributed by atoms with Gasteiger partial charge in [-0.25, -0.2) is 0 Å². The summed E-state index contributed by atoms with van der Waals surface area (Å²) in [4.78, 5) is 11.1. The molecule has 10 atom stereocenters. The highest BCUT2D eigenvalue weighted by molar-refractivity contribution is 5.66. The fourth-order valence-corrected chi connectivity index (χ4v) is 9.22. The first-order chi connectivity index (χ1) is 14.6. The molecule has 0 heterocycles. The number of carboxylic acids is 1. The lowest BCUT2D eigenvalue weighted by Crippen LogP contribution is -2.58. The number of aliphatic hydroxyl groups excluding tert-OH is 1. The van der Waals surface area contributed by atoms with Gasteiger partial charge in [0.05, 0.1) is 18.3 Å². The van der Waals surface area contributed by atoms with Crippen LogP contribution in [0.4, 0.5) is 0 Å². The van der Waals surface area contributed by atoms with Gasteiger partial charge in [0.25, 0.3) is 0 Å². The minimum atomic E-state index is -0.672. The monoisotopic (exact) mass is 434 g/mol. The molecule has 0 saturated heterocycles. The maximum Gasteiger partial charge on any atom is 0.303 e. The fraction of sp³-hybridized carbons (Fsp3) is 0.963. The quantitative estimate of drug-likeness (QED) is 0.545. The average molecular weight is 435 g/mol. The van der Waals surface area contributed by atoms with E-state index in [1.165, 1.54) is 38.5 Å². The summed E-state index contributed by atoms with van der Waals surface area (Å²) < 4.78 is 6.20. The van der Waals surface area contributed by atoms with Gasteiger partial charge in [-0.15, -0.1) is 0 Å². The lowest BCUT2D eigenvalue weighted by Gasteiger charge is -2.62. The van der Waals surface area contributed by atoms with E-state index >= 15 is 0 Å². The van der Waals surface area contributed by atoms with Crippen molar-refractivity contribution in [1.82, 2.24) is 0 Å². The van der Waals surface area contributed by atoms with Crippen LogP contribution >= 0.6 is 0 Å². The molecule has 4 aliphatic rings. The molecule has 4 heteroatoms. The van der Waals surface area contributed by atoms with Gasteiger partial charge < -0.3 is 14.9 Å². The first-order valence-corrected chi connectivity index (χ1v) is 13.1. The highest BCUT2D eigenvalue weighted by Crippen LogP contribution is 2.68. The molecule has 31 heavy (non-hydrogen) atoms. The first-order valence-electron chi connectivity index (χ1n) is 13.1. The molecule has 4 rings (SSSR count). The molecule has 0 aromatic carbocycles. The van der Waals surface area contributed by atoms with Crippen LogP contribution in [0.3, 0.4) is 0 Å². The Morgan fingerprint density at radius 2 is 1.68 bits per heavy atom. The number of fused-ring (bicyclic) bond motifs is 5. The average Bonchev–Trinajstić information content (AvgIpc) is 3.04. The van der Waals surface area contributed by atoms with Crippen molar-refractivity contribution in [3.63, 3.8) is 0 Å². The second-order valence-electron chi connectivity index (χ2n) is 12.5. The molecular formula is C27H46O4. The summed E-state index contributed by atoms with van der Waals surface area (Å²) in [5.74, 6) is 2.62. The van der Waals surface area contributed by atoms with Crippen LogP contribution in [0, 0.1) is 46.3 Å². The highest BCUT2D eigenvalue weighted by Gasteiger charge is 2.62. The largest absolute Gasteiger partial charge is 0.481 e. The Kier molecular flexibility index (Phi) is 6.55. The van der Waals surface area contributed by atoms with Crippen LogP contribution in [-0.2, 0) is 9.53 Å². The van der Waals surface area contributed by atoms with E-state index < -0.39 is 5.97 Å². The second-order valence-corrected chi connectivity index (χ2v) is 12.5. The first kappa shape index (κ1) is 23.5. The Labute approximate surface area is 189 Å². The van der Waals surface area contributed by atoms with Gasteiger partial charge in [0.1, 0.15) is 0 Å². The van der Waals surface area contributed by atoms with Crippen LogP contribution in [0.15, 0.2) is 0 Å². The third-order valence-electron chi connectivity index (χ3n) is 10.7. The fourth-order valence-electron chi connectivity index (χ4n) is 9.22. The maximum atomic E-state index is 11.5. The summed E-state index contributed by atoms with van der Waals surface area (Å²) in [7, 11) is 0. The Balaban J connectivity index is 1.51. The number of rotatable bonds is 6. The van der Waals surface area contributed by atoms with Gasteiger partial charge >= 0.3 is 5.97 Å². The van der Waals surface area contributed by atoms with Crippen LogP contribution in [0.5, 0.6) is 0 Å². The summed E-state index contributed by atoms with van der Waals surface area (Å²) in [5, 5.41) is 20.6. The molecule has 10 unspecified atom stereocenters. The van der Waals surface area contributed by atoms with Crippen LogP contribution in [0.25, 0.3) is 0 Å². The van der Waals surface area contributed by atoms with E-state index in [1.54, 1.807) is 0 Å². The van der Waals surface area contributed by atoms with Crippen LogP contribution < -0.4 is 0 Å². The SMILES string of the molecule is CC(C)OC1CCC2(C)C(C1)CC(O)C1C2CCC2(C)C(C(C)CCC(=O)O)CCC12. The molecule has 0 aromatic rings. The number of hydrogen-bond acceptors (Lipinski definition) is 3. The van der Waals surface area contributed by atoms with E-state index in [-0.39, 0.29) is 24.0 Å². The third-order valence-corrected chi connectivity index (χ3v) is 10.7. The summed E-state index contributed by atoms with van der Waals surface area (Å²) in [6, 6.07) is 0. The van der Waals surface area contributed by atoms with Crippen molar-refractivity contribution in [1.29, 1.82) is 0 Å². The lowest BCUT2D eigenvalue weighted by atomic mass is 9.43. The van der Waals surface area contributed by atoms with Gasteiger partial charge in [0.15, 0.2) is 0 Å². The molecule has 2 N–H and O–H groups in total. The molecule has 0 aromatic heterocycles. The molecule has 4 saturated carbocycles. The second kappa shape index (κ2) is 8.63. The van der Waals surface area contributed by atoms with Crippen LogP contribution in [0.1, 0.15) is 98.8 Å². The van der Waals surface area contributed by atoms with Crippen LogP contribution in [-0.4, -0.2) is 34.5 Å². The van der Waals surface area contributed by atoms with Crippen molar-refractivity contribution in [3.8, 4) is 0 Å². The van der Waals surface area contributed by atoms with Crippen LogP contribution in [0.2, 0.25) is 0 Å². The Hall–Kier alpha value is -0.610. The van der Waals surface area contributed by atoms with E-state index in [0.717, 1.165) is 19.3 Å². The van der Waals surface area contributed by atoms with Crippen molar-refractivity contribution in [2.24, 2.45) is 46.3 Å². The topological polar surface area (TPSA) is 66.8 Å². The number of ether oxygens (including phenoxy) is 1. The number of aliphatic carboxylic acids is 1. The van der Waals surface area contributed by atoms with E-state index in [2.05, 4.69) is 34.6 Å². The van der Waals surface area contributed by atoms with Crippen molar-refractivity contribution in [2.75, 3.05) is 0 Å². The number of hydrogen-bond donors (Lipinski definition) is 2. The zero-order chi connectivity index (χ0) is 22.6. The standard InChI is InChI=1S/C27H46O4/c1-16(2)31-19-10-12-26(4)18(14-19)15-23(28)25-21-8-7-20(17(3)6-9-24(29)30)27(21,5)13-11-22(25)26/h16-23,25,28H,6-15H2,1-5H3,(H,29,30). The van der Waals surface area contributed by atoms with E-state index in [1.807, 2.05) is 0 Å². The molecule has 0 radical (unpaired) electrons. The van der Waals surface area contributed by atoms with Gasteiger partial charge in [-0.1, -0.05) is 20.8 Å². The minimum absolute atomic E-state index is 0.182. The van der Waals surface area contributed by atoms with Crippen molar-refractivity contribution >= 4 is 5.97 Å². The predicted molar refractivity (Wildman–Crippen MR) is 123 cm³/mol. The number of aliphatic hydroxyl groups is 1. The molecule has 0 aliphatic heterocycles. The van der Waals surface area contributed by atoms with Gasteiger partial charge in [-0.2, -0.15) is 0 Å². The zero-order valence-corrected chi connectivity index (χ0v) is 20.5. The molecule has 4 fully saturated rings. The molecule has 0 amide bonds. The van der Waals surface area contributed by atoms with Gasteiger partial charge in [0.2, 0.25) is 0 Å². The Morgan fingerprint density at radius 1 is 1.00 bits per heavy atom. The van der Waals surface area contributed by atoms with E-state index in [4.69, 9.17) is 9.84 Å². The summed E-state index contributed by atoms with van der Waals surface area (Å²) in [6.45, 7) is 11.6. The van der Waals surface area contributed by atoms with Crippen molar-refractivity contribution in [3.05, 3.63) is 0 Å². The predicted octanol–water partition coefficient (Wildman–Crippen LogP) is 5.91.